The van der Waals surface area contributed by atoms with E-state index >= 15 is 0 Å². The average Bonchev–Trinajstić information content (AvgIpc) is 3.30. The number of aryl methyl sites for hydroxylation is 2. The molecule has 2 heterocycles. The van der Waals surface area contributed by atoms with Crippen molar-refractivity contribution in [3.05, 3.63) is 40.8 Å². The van der Waals surface area contributed by atoms with Crippen LogP contribution in [-0.4, -0.2) is 41.2 Å². The molecule has 4 rings (SSSR count). The second-order valence-corrected chi connectivity index (χ2v) is 15.4. The average molecular weight is 436 g/mol. The second kappa shape index (κ2) is 7.87. The zero-order valence-corrected chi connectivity index (χ0v) is 20.6. The van der Waals surface area contributed by atoms with E-state index in [2.05, 4.69) is 54.3 Å². The van der Waals surface area contributed by atoms with Crippen molar-refractivity contribution in [2.45, 2.75) is 77.7 Å². The van der Waals surface area contributed by atoms with Crippen molar-refractivity contribution < 1.29 is 9.53 Å². The Balaban J connectivity index is 1.60. The molecule has 5 nitrogen and oxygen atoms in total. The van der Waals surface area contributed by atoms with E-state index in [0.717, 1.165) is 42.8 Å². The van der Waals surface area contributed by atoms with Crippen LogP contribution < -0.4 is 0 Å². The van der Waals surface area contributed by atoms with E-state index in [1.165, 1.54) is 16.8 Å². The van der Waals surface area contributed by atoms with Crippen molar-refractivity contribution in [1.82, 2.24) is 14.9 Å². The molecule has 0 radical (unpaired) electrons. The molecule has 1 aromatic carbocycles. The second-order valence-electron chi connectivity index (χ2n) is 10.7. The lowest BCUT2D eigenvalue weighted by atomic mass is 9.91. The van der Waals surface area contributed by atoms with Gasteiger partial charge in [0.05, 0.1) is 11.7 Å². The number of imidazole rings is 1. The van der Waals surface area contributed by atoms with Gasteiger partial charge in [0.2, 0.25) is 0 Å². The summed E-state index contributed by atoms with van der Waals surface area (Å²) in [5, 5.41) is 0. The molecule has 1 aliphatic carbocycles. The number of amides is 1. The number of carbonyl (C=O) groups is 1. The van der Waals surface area contributed by atoms with Crippen molar-refractivity contribution >= 4 is 14.2 Å². The molecule has 2 aliphatic rings. The monoisotopic (exact) mass is 435 g/mol. The van der Waals surface area contributed by atoms with Crippen LogP contribution in [0.5, 0.6) is 0 Å². The summed E-state index contributed by atoms with van der Waals surface area (Å²) >= 11 is 0. The number of aromatic amines is 1. The Morgan fingerprint density at radius 2 is 2.03 bits per heavy atom. The van der Waals surface area contributed by atoms with Gasteiger partial charge in [0.15, 0.2) is 0 Å². The largest absolute Gasteiger partial charge is 0.444 e. The molecule has 1 N–H and O–H groups in total. The number of nitrogens with one attached hydrogen (secondary N) is 1. The topological polar surface area (TPSA) is 58.2 Å². The number of benzene rings is 1. The molecular formula is C25H33N3O2Si. The molecule has 2 aromatic rings. The Morgan fingerprint density at radius 1 is 1.26 bits per heavy atom. The van der Waals surface area contributed by atoms with E-state index in [1.807, 2.05) is 25.7 Å². The molecule has 6 heteroatoms. The van der Waals surface area contributed by atoms with Crippen molar-refractivity contribution in [3.8, 4) is 22.7 Å². The summed E-state index contributed by atoms with van der Waals surface area (Å²) in [5.74, 6) is 4.25. The Morgan fingerprint density at radius 3 is 2.74 bits per heavy atom. The number of likely N-dealkylation sites (tertiary alicyclic amines) is 1. The maximum atomic E-state index is 12.7. The number of hydrogen-bond donors (Lipinski definition) is 1. The predicted octanol–water partition coefficient (Wildman–Crippen LogP) is 5.48. The number of H-pyrrole nitrogens is 1. The Hall–Kier alpha value is -2.52. The van der Waals surface area contributed by atoms with Crippen LogP contribution in [0.3, 0.4) is 0 Å². The molecule has 1 atom stereocenters. The maximum Gasteiger partial charge on any atom is 0.410 e. The first-order valence-corrected chi connectivity index (χ1v) is 14.7. The third-order valence-electron chi connectivity index (χ3n) is 5.58. The maximum absolute atomic E-state index is 12.7. The van der Waals surface area contributed by atoms with E-state index in [1.54, 1.807) is 0 Å². The van der Waals surface area contributed by atoms with Gasteiger partial charge < -0.3 is 9.72 Å². The molecule has 1 amide bonds. The third kappa shape index (κ3) is 4.88. The van der Waals surface area contributed by atoms with E-state index in [0.29, 0.717) is 6.54 Å². The highest BCUT2D eigenvalue weighted by Crippen LogP contribution is 2.37. The van der Waals surface area contributed by atoms with Gasteiger partial charge in [-0.2, -0.15) is 0 Å². The van der Waals surface area contributed by atoms with Crippen LogP contribution in [-0.2, 0) is 17.6 Å². The normalized spacial score (nSPS) is 18.1. The molecule has 0 saturated carbocycles. The number of hydrogen-bond acceptors (Lipinski definition) is 3. The first-order chi connectivity index (χ1) is 14.5. The number of ether oxygens (including phenoxy) is 1. The molecule has 1 aromatic heterocycles. The van der Waals surface area contributed by atoms with Gasteiger partial charge in [0.25, 0.3) is 0 Å². The Kier molecular flexibility index (Phi) is 5.51. The minimum Gasteiger partial charge on any atom is -0.444 e. The van der Waals surface area contributed by atoms with Crippen LogP contribution in [0.2, 0.25) is 19.6 Å². The highest BCUT2D eigenvalue weighted by Gasteiger charge is 2.36. The summed E-state index contributed by atoms with van der Waals surface area (Å²) < 4.78 is 5.63. The molecular weight excluding hydrogens is 402 g/mol. The molecule has 0 bridgehead atoms. The SMILES string of the molecule is CC(C)(C)OC(=O)N1CCCC1c1nc2c([nH]1)CCc1cc(C#C[Si](C)(C)C)ccc1-2. The van der Waals surface area contributed by atoms with Gasteiger partial charge >= 0.3 is 6.09 Å². The predicted molar refractivity (Wildman–Crippen MR) is 127 cm³/mol. The smallest absolute Gasteiger partial charge is 0.410 e. The number of aromatic nitrogens is 2. The van der Waals surface area contributed by atoms with Crippen LogP contribution in [0.25, 0.3) is 11.3 Å². The molecule has 1 aliphatic heterocycles. The summed E-state index contributed by atoms with van der Waals surface area (Å²) in [5.41, 5.74) is 8.73. The minimum absolute atomic E-state index is 0.0502. The van der Waals surface area contributed by atoms with Gasteiger partial charge in [0, 0.05) is 23.4 Å². The van der Waals surface area contributed by atoms with Crippen LogP contribution >= 0.6 is 0 Å². The van der Waals surface area contributed by atoms with Crippen molar-refractivity contribution in [2.24, 2.45) is 0 Å². The van der Waals surface area contributed by atoms with Crippen molar-refractivity contribution in [1.29, 1.82) is 0 Å². The molecule has 1 unspecified atom stereocenters. The lowest BCUT2D eigenvalue weighted by Crippen LogP contribution is -2.36. The summed E-state index contributed by atoms with van der Waals surface area (Å²) in [6, 6.07) is 6.44. The highest BCUT2D eigenvalue weighted by molar-refractivity contribution is 6.83. The Bertz CT molecular complexity index is 1060. The first kappa shape index (κ1) is 21.7. The molecule has 0 spiro atoms. The van der Waals surface area contributed by atoms with E-state index in [9.17, 15) is 4.79 Å². The van der Waals surface area contributed by atoms with Gasteiger partial charge in [-0.25, -0.2) is 9.78 Å². The lowest BCUT2D eigenvalue weighted by Gasteiger charge is -2.27. The van der Waals surface area contributed by atoms with Gasteiger partial charge in [-0.3, -0.25) is 4.90 Å². The van der Waals surface area contributed by atoms with Gasteiger partial charge in [-0.1, -0.05) is 31.6 Å². The summed E-state index contributed by atoms with van der Waals surface area (Å²) in [7, 11) is -1.40. The summed E-state index contributed by atoms with van der Waals surface area (Å²) in [6.45, 7) is 13.2. The molecule has 1 fully saturated rings. The summed E-state index contributed by atoms with van der Waals surface area (Å²) in [6.07, 6.45) is 3.52. The van der Waals surface area contributed by atoms with Gasteiger partial charge in [-0.15, -0.1) is 5.54 Å². The van der Waals surface area contributed by atoms with E-state index in [4.69, 9.17) is 9.72 Å². The quantitative estimate of drug-likeness (QED) is 0.477. The van der Waals surface area contributed by atoms with Crippen molar-refractivity contribution in [2.75, 3.05) is 6.54 Å². The lowest BCUT2D eigenvalue weighted by molar-refractivity contribution is 0.0218. The first-order valence-electron chi connectivity index (χ1n) is 11.2. The fraction of sp³-hybridized carbons (Fsp3) is 0.520. The molecule has 164 valence electrons. The van der Waals surface area contributed by atoms with Crippen LogP contribution in [0.15, 0.2) is 18.2 Å². The van der Waals surface area contributed by atoms with E-state index < -0.39 is 13.7 Å². The number of nitrogens with zero attached hydrogens (tertiary/aromatic N) is 2. The number of rotatable bonds is 1. The zero-order chi connectivity index (χ0) is 22.4. The Labute approximate surface area is 186 Å². The number of fused-ring (bicyclic) bond motifs is 3. The number of carbonyl (C=O) groups excluding carboxylic acids is 1. The zero-order valence-electron chi connectivity index (χ0n) is 19.6. The summed E-state index contributed by atoms with van der Waals surface area (Å²) in [4.78, 5) is 23.1. The molecule has 1 saturated heterocycles. The minimum atomic E-state index is -1.40. The third-order valence-corrected chi connectivity index (χ3v) is 6.46. The fourth-order valence-electron chi connectivity index (χ4n) is 4.21. The van der Waals surface area contributed by atoms with Crippen LogP contribution in [0.4, 0.5) is 4.79 Å². The van der Waals surface area contributed by atoms with Crippen molar-refractivity contribution in [3.63, 3.8) is 0 Å². The van der Waals surface area contributed by atoms with Gasteiger partial charge in [-0.05, 0) is 64.2 Å². The van der Waals surface area contributed by atoms with Gasteiger partial charge in [0.1, 0.15) is 19.5 Å². The van der Waals surface area contributed by atoms with Crippen LogP contribution in [0, 0.1) is 11.5 Å². The van der Waals surface area contributed by atoms with E-state index in [-0.39, 0.29) is 12.1 Å². The standard InChI is InChI=1S/C25H33N3O2Si/c1-25(2,3)30-24(29)28-14-7-8-21(28)23-26-20-12-10-18-16-17(13-15-31(4,5)6)9-11-19(18)22(20)27-23/h9,11,16,21H,7-8,10,12,14H2,1-6H3,(H,26,27). The van der Waals surface area contributed by atoms with Crippen LogP contribution in [0.1, 0.15) is 62.3 Å². The molecule has 31 heavy (non-hydrogen) atoms. The highest BCUT2D eigenvalue weighted by atomic mass is 28.3. The fourth-order valence-corrected chi connectivity index (χ4v) is 4.73.